The van der Waals surface area contributed by atoms with Crippen LogP contribution >= 0.6 is 15.9 Å². The predicted octanol–water partition coefficient (Wildman–Crippen LogP) is 3.31. The molecule has 1 aromatic heterocycles. The Balaban J connectivity index is 1.81. The van der Waals surface area contributed by atoms with Gasteiger partial charge in [0.05, 0.1) is 15.9 Å². The summed E-state index contributed by atoms with van der Waals surface area (Å²) < 4.78 is 3.35. The average Bonchev–Trinajstić information content (AvgIpc) is 2.97. The minimum absolute atomic E-state index is 0.463. The highest BCUT2D eigenvalue weighted by molar-refractivity contribution is 9.10. The molecule has 2 aliphatic rings. The highest BCUT2D eigenvalue weighted by Crippen LogP contribution is 2.60. The van der Waals surface area contributed by atoms with E-state index in [1.54, 1.807) is 0 Å². The van der Waals surface area contributed by atoms with Gasteiger partial charge in [-0.3, -0.25) is 4.68 Å². The zero-order valence-electron chi connectivity index (χ0n) is 12.9. The zero-order chi connectivity index (χ0) is 14.3. The Morgan fingerprint density at radius 1 is 1.35 bits per heavy atom. The van der Waals surface area contributed by atoms with Crippen molar-refractivity contribution in [1.82, 2.24) is 15.1 Å². The van der Waals surface area contributed by atoms with Gasteiger partial charge in [-0.15, -0.1) is 0 Å². The topological polar surface area (TPSA) is 29.9 Å². The molecular formula is C16H26BrN3. The van der Waals surface area contributed by atoms with Crippen LogP contribution in [0.3, 0.4) is 0 Å². The molecule has 2 saturated carbocycles. The molecule has 2 fully saturated rings. The van der Waals surface area contributed by atoms with Crippen LogP contribution in [0.15, 0.2) is 4.47 Å². The van der Waals surface area contributed by atoms with Gasteiger partial charge in [-0.25, -0.2) is 0 Å². The molecule has 0 amide bonds. The van der Waals surface area contributed by atoms with Crippen LogP contribution in [0.1, 0.15) is 44.5 Å². The SMILES string of the molecule is CCNCC1(Cc2c(Br)c(CC)nn2C)CC2CC2C1. The number of halogens is 1. The maximum absolute atomic E-state index is 4.66. The van der Waals surface area contributed by atoms with Crippen molar-refractivity contribution in [2.75, 3.05) is 13.1 Å². The maximum atomic E-state index is 4.66. The van der Waals surface area contributed by atoms with Crippen LogP contribution < -0.4 is 5.32 Å². The van der Waals surface area contributed by atoms with E-state index in [9.17, 15) is 0 Å². The Kier molecular flexibility index (Phi) is 3.97. The van der Waals surface area contributed by atoms with Gasteiger partial charge in [-0.05, 0) is 71.8 Å². The van der Waals surface area contributed by atoms with E-state index in [-0.39, 0.29) is 0 Å². The molecule has 2 unspecified atom stereocenters. The van der Waals surface area contributed by atoms with Gasteiger partial charge >= 0.3 is 0 Å². The van der Waals surface area contributed by atoms with Gasteiger partial charge in [0.15, 0.2) is 0 Å². The molecule has 3 nitrogen and oxygen atoms in total. The largest absolute Gasteiger partial charge is 0.316 e. The minimum Gasteiger partial charge on any atom is -0.316 e. The fourth-order valence-electron chi connectivity index (χ4n) is 4.11. The third kappa shape index (κ3) is 2.57. The van der Waals surface area contributed by atoms with Crippen molar-refractivity contribution in [2.45, 2.75) is 46.0 Å². The highest BCUT2D eigenvalue weighted by Gasteiger charge is 2.53. The second-order valence-corrected chi connectivity index (χ2v) is 7.60. The smallest absolute Gasteiger partial charge is 0.0766 e. The van der Waals surface area contributed by atoms with Crippen LogP contribution in [0.2, 0.25) is 0 Å². The number of aryl methyl sites for hydroxylation is 2. The summed E-state index contributed by atoms with van der Waals surface area (Å²) >= 11 is 3.78. The number of aromatic nitrogens is 2. The summed E-state index contributed by atoms with van der Waals surface area (Å²) in [5, 5.41) is 8.27. The van der Waals surface area contributed by atoms with Gasteiger partial charge in [-0.2, -0.15) is 5.10 Å². The van der Waals surface area contributed by atoms with E-state index in [4.69, 9.17) is 0 Å². The van der Waals surface area contributed by atoms with Gasteiger partial charge in [-0.1, -0.05) is 13.8 Å². The Morgan fingerprint density at radius 2 is 2.05 bits per heavy atom. The van der Waals surface area contributed by atoms with Crippen molar-refractivity contribution in [3.63, 3.8) is 0 Å². The number of nitrogens with zero attached hydrogens (tertiary/aromatic N) is 2. The number of rotatable bonds is 6. The molecule has 0 spiro atoms. The van der Waals surface area contributed by atoms with E-state index >= 15 is 0 Å². The van der Waals surface area contributed by atoms with Crippen LogP contribution in [0.5, 0.6) is 0 Å². The molecule has 4 heteroatoms. The van der Waals surface area contributed by atoms with Crippen molar-refractivity contribution in [1.29, 1.82) is 0 Å². The minimum atomic E-state index is 0.463. The Labute approximate surface area is 130 Å². The van der Waals surface area contributed by atoms with Crippen molar-refractivity contribution in [3.05, 3.63) is 15.9 Å². The lowest BCUT2D eigenvalue weighted by atomic mass is 9.78. The third-order valence-corrected chi connectivity index (χ3v) is 6.17. The lowest BCUT2D eigenvalue weighted by molar-refractivity contribution is 0.245. The molecule has 1 heterocycles. The van der Waals surface area contributed by atoms with E-state index in [0.29, 0.717) is 5.41 Å². The Hall–Kier alpha value is -0.350. The predicted molar refractivity (Wildman–Crippen MR) is 85.8 cm³/mol. The van der Waals surface area contributed by atoms with E-state index in [1.165, 1.54) is 35.1 Å². The van der Waals surface area contributed by atoms with Gasteiger partial charge < -0.3 is 5.32 Å². The van der Waals surface area contributed by atoms with Crippen molar-refractivity contribution in [3.8, 4) is 0 Å². The van der Waals surface area contributed by atoms with Crippen LogP contribution in [0.25, 0.3) is 0 Å². The molecule has 112 valence electrons. The molecule has 3 rings (SSSR count). The first kappa shape index (κ1) is 14.6. The van der Waals surface area contributed by atoms with E-state index < -0.39 is 0 Å². The zero-order valence-corrected chi connectivity index (χ0v) is 14.5. The molecule has 1 aromatic rings. The molecule has 1 N–H and O–H groups in total. The van der Waals surface area contributed by atoms with E-state index in [2.05, 4.69) is 51.9 Å². The highest BCUT2D eigenvalue weighted by atomic mass is 79.9. The first-order valence-electron chi connectivity index (χ1n) is 7.99. The molecule has 0 aromatic carbocycles. The molecule has 0 saturated heterocycles. The van der Waals surface area contributed by atoms with Crippen molar-refractivity contribution >= 4 is 15.9 Å². The maximum Gasteiger partial charge on any atom is 0.0766 e. The summed E-state index contributed by atoms with van der Waals surface area (Å²) in [6.45, 7) is 6.62. The van der Waals surface area contributed by atoms with Gasteiger partial charge in [0.1, 0.15) is 0 Å². The molecule has 0 aliphatic heterocycles. The summed E-state index contributed by atoms with van der Waals surface area (Å²) in [5.41, 5.74) is 3.05. The normalized spacial score (nSPS) is 31.6. The van der Waals surface area contributed by atoms with Crippen LogP contribution in [-0.2, 0) is 19.9 Å². The molecule has 20 heavy (non-hydrogen) atoms. The number of hydrogen-bond donors (Lipinski definition) is 1. The quantitative estimate of drug-likeness (QED) is 0.861. The average molecular weight is 340 g/mol. The summed E-state index contributed by atoms with van der Waals surface area (Å²) in [6, 6.07) is 0. The molecule has 2 atom stereocenters. The van der Waals surface area contributed by atoms with Gasteiger partial charge in [0.25, 0.3) is 0 Å². The van der Waals surface area contributed by atoms with E-state index in [1.807, 2.05) is 0 Å². The number of nitrogens with one attached hydrogen (secondary N) is 1. The van der Waals surface area contributed by atoms with Gasteiger partial charge in [0.2, 0.25) is 0 Å². The van der Waals surface area contributed by atoms with Crippen molar-refractivity contribution < 1.29 is 0 Å². The number of hydrogen-bond acceptors (Lipinski definition) is 2. The first-order chi connectivity index (χ1) is 9.58. The molecule has 0 bridgehead atoms. The standard InChI is InChI=1S/C16H26BrN3/c1-4-13-15(17)14(20(3)19-13)9-16(10-18-5-2)7-11-6-12(11)8-16/h11-12,18H,4-10H2,1-3H3. The third-order valence-electron chi connectivity index (χ3n) is 5.25. The fraction of sp³-hybridized carbons (Fsp3) is 0.812. The number of fused-ring (bicyclic) bond motifs is 1. The first-order valence-corrected chi connectivity index (χ1v) is 8.79. The van der Waals surface area contributed by atoms with Crippen LogP contribution in [0, 0.1) is 17.3 Å². The van der Waals surface area contributed by atoms with Crippen LogP contribution in [-0.4, -0.2) is 22.9 Å². The monoisotopic (exact) mass is 339 g/mol. The molecule has 0 radical (unpaired) electrons. The summed E-state index contributed by atoms with van der Waals surface area (Å²) in [5.74, 6) is 2.04. The summed E-state index contributed by atoms with van der Waals surface area (Å²) in [7, 11) is 2.09. The second-order valence-electron chi connectivity index (χ2n) is 6.81. The van der Waals surface area contributed by atoms with Gasteiger partial charge in [0, 0.05) is 13.6 Å². The Bertz CT molecular complexity index is 484. The molecular weight excluding hydrogens is 314 g/mol. The summed E-state index contributed by atoms with van der Waals surface area (Å²) in [6.07, 6.45) is 6.46. The lowest BCUT2D eigenvalue weighted by Gasteiger charge is -2.31. The Morgan fingerprint density at radius 3 is 2.60 bits per heavy atom. The van der Waals surface area contributed by atoms with E-state index in [0.717, 1.165) is 37.8 Å². The van der Waals surface area contributed by atoms with Crippen molar-refractivity contribution in [2.24, 2.45) is 24.3 Å². The summed E-state index contributed by atoms with van der Waals surface area (Å²) in [4.78, 5) is 0. The lowest BCUT2D eigenvalue weighted by Crippen LogP contribution is -2.35. The molecule has 2 aliphatic carbocycles. The van der Waals surface area contributed by atoms with Crippen LogP contribution in [0.4, 0.5) is 0 Å². The second kappa shape index (κ2) is 5.45. The fourth-order valence-corrected chi connectivity index (χ4v) is 4.87.